The SMILES string of the molecule is N=C(c1ccc(CN2CCC(NSc3ccc4c(c3)OCCO4)CC2)cc1)N1C(=N)c2ccccc2Nc2ncccc21. The van der Waals surface area contributed by atoms with Gasteiger partial charge in [-0.25, -0.2) is 4.98 Å². The number of nitrogens with zero attached hydrogens (tertiary/aromatic N) is 3. The van der Waals surface area contributed by atoms with Crippen molar-refractivity contribution < 1.29 is 9.47 Å². The van der Waals surface area contributed by atoms with Crippen molar-refractivity contribution in [3.8, 4) is 11.5 Å². The fourth-order valence-corrected chi connectivity index (χ4v) is 6.52. The second kappa shape index (κ2) is 12.1. The molecule has 9 nitrogen and oxygen atoms in total. The molecule has 1 aromatic heterocycles. The number of hydrogen-bond donors (Lipinski definition) is 4. The summed E-state index contributed by atoms with van der Waals surface area (Å²) in [5.41, 5.74) is 4.18. The number of amidine groups is 2. The molecule has 0 aliphatic carbocycles. The molecule has 10 heteroatoms. The van der Waals surface area contributed by atoms with Crippen LogP contribution in [0.2, 0.25) is 0 Å². The van der Waals surface area contributed by atoms with E-state index in [0.717, 1.165) is 65.7 Å². The summed E-state index contributed by atoms with van der Waals surface area (Å²) in [5.74, 6) is 2.75. The lowest BCUT2D eigenvalue weighted by Gasteiger charge is -2.32. The van der Waals surface area contributed by atoms with E-state index in [9.17, 15) is 0 Å². The molecular weight excluding hydrogens is 558 g/mol. The molecule has 4 aromatic rings. The summed E-state index contributed by atoms with van der Waals surface area (Å²) in [5, 5.41) is 21.5. The Labute approximate surface area is 255 Å². The molecule has 0 unspecified atom stereocenters. The van der Waals surface area contributed by atoms with Gasteiger partial charge in [-0.1, -0.05) is 36.4 Å². The molecular formula is C33H33N7O2S. The molecule has 0 amide bonds. The van der Waals surface area contributed by atoms with Gasteiger partial charge in [0.25, 0.3) is 0 Å². The highest BCUT2D eigenvalue weighted by molar-refractivity contribution is 7.97. The molecule has 4 heterocycles. The van der Waals surface area contributed by atoms with Crippen LogP contribution in [0.4, 0.5) is 17.2 Å². The van der Waals surface area contributed by atoms with Gasteiger partial charge in [0.15, 0.2) is 17.3 Å². The van der Waals surface area contributed by atoms with E-state index in [-0.39, 0.29) is 11.7 Å². The van der Waals surface area contributed by atoms with Crippen molar-refractivity contribution in [2.75, 3.05) is 36.5 Å². The first-order valence-electron chi connectivity index (χ1n) is 14.5. The standard InChI is InChI=1S/C33H33N7O2S/c34-31(40-28-6-3-15-36-33(28)37-27-5-2-1-4-26(27)32(40)35)23-9-7-22(8-10-23)21-39-16-13-24(14-17-39)38-43-25-11-12-29-30(20-25)42-19-18-41-29/h1-12,15,20,24,34-35,38H,13-14,16-19,21H2,(H,36,37). The highest BCUT2D eigenvalue weighted by atomic mass is 32.2. The molecule has 0 spiro atoms. The van der Waals surface area contributed by atoms with Gasteiger partial charge in [-0.2, -0.15) is 0 Å². The summed E-state index contributed by atoms with van der Waals surface area (Å²) >= 11 is 1.66. The molecule has 43 heavy (non-hydrogen) atoms. The van der Waals surface area contributed by atoms with Crippen molar-refractivity contribution in [2.24, 2.45) is 0 Å². The van der Waals surface area contributed by atoms with Gasteiger partial charge in [0, 0.05) is 34.8 Å². The van der Waals surface area contributed by atoms with Crippen molar-refractivity contribution in [3.05, 3.63) is 102 Å². The van der Waals surface area contributed by atoms with Crippen LogP contribution < -0.4 is 24.4 Å². The summed E-state index contributed by atoms with van der Waals surface area (Å²) in [6, 6.07) is 26.1. The first kappa shape index (κ1) is 27.5. The summed E-state index contributed by atoms with van der Waals surface area (Å²) in [6.07, 6.45) is 3.89. The molecule has 1 saturated heterocycles. The van der Waals surface area contributed by atoms with E-state index in [0.29, 0.717) is 30.8 Å². The number of hydrogen-bond acceptors (Lipinski definition) is 9. The Morgan fingerprint density at radius 2 is 1.74 bits per heavy atom. The van der Waals surface area contributed by atoms with E-state index in [1.54, 1.807) is 23.0 Å². The van der Waals surface area contributed by atoms with Gasteiger partial charge in [0.1, 0.15) is 24.9 Å². The van der Waals surface area contributed by atoms with E-state index in [4.69, 9.17) is 20.3 Å². The maximum absolute atomic E-state index is 9.11. The fourth-order valence-electron chi connectivity index (χ4n) is 5.68. The van der Waals surface area contributed by atoms with Crippen LogP contribution in [0.3, 0.4) is 0 Å². The van der Waals surface area contributed by atoms with E-state index < -0.39 is 0 Å². The average molecular weight is 592 g/mol. The Morgan fingerprint density at radius 1 is 0.953 bits per heavy atom. The fraction of sp³-hybridized carbons (Fsp3) is 0.242. The van der Waals surface area contributed by atoms with Crippen LogP contribution >= 0.6 is 11.9 Å². The Balaban J connectivity index is 0.962. The van der Waals surface area contributed by atoms with Crippen LogP contribution in [-0.4, -0.2) is 53.9 Å². The van der Waals surface area contributed by atoms with Crippen LogP contribution in [-0.2, 0) is 6.54 Å². The first-order chi connectivity index (χ1) is 21.1. The minimum atomic E-state index is 0.242. The highest BCUT2D eigenvalue weighted by Gasteiger charge is 2.28. The normalized spacial score (nSPS) is 16.6. The summed E-state index contributed by atoms with van der Waals surface area (Å²) in [4.78, 5) is 9.78. The molecule has 1 fully saturated rings. The Bertz CT molecular complexity index is 1650. The summed E-state index contributed by atoms with van der Waals surface area (Å²) in [7, 11) is 0. The van der Waals surface area contributed by atoms with E-state index in [2.05, 4.69) is 38.1 Å². The molecule has 7 rings (SSSR count). The maximum atomic E-state index is 9.11. The smallest absolute Gasteiger partial charge is 0.162 e. The third kappa shape index (κ3) is 5.81. The second-order valence-electron chi connectivity index (χ2n) is 10.8. The first-order valence-corrected chi connectivity index (χ1v) is 15.4. The van der Waals surface area contributed by atoms with Gasteiger partial charge in [0.2, 0.25) is 0 Å². The summed E-state index contributed by atoms with van der Waals surface area (Å²) in [6.45, 7) is 4.13. The quantitative estimate of drug-likeness (QED) is 0.122. The number of rotatable bonds is 6. The van der Waals surface area contributed by atoms with Gasteiger partial charge in [-0.05, 0) is 85.9 Å². The van der Waals surface area contributed by atoms with E-state index >= 15 is 0 Å². The molecule has 0 bridgehead atoms. The lowest BCUT2D eigenvalue weighted by atomic mass is 10.0. The van der Waals surface area contributed by atoms with Crippen LogP contribution in [0.5, 0.6) is 11.5 Å². The number of benzene rings is 3. The lowest BCUT2D eigenvalue weighted by molar-refractivity contribution is 0.171. The molecule has 3 aliphatic rings. The van der Waals surface area contributed by atoms with Gasteiger partial charge < -0.3 is 14.8 Å². The van der Waals surface area contributed by atoms with Crippen molar-refractivity contribution >= 4 is 40.8 Å². The number of likely N-dealkylation sites (tertiary alicyclic amines) is 1. The monoisotopic (exact) mass is 591 g/mol. The molecule has 218 valence electrons. The third-order valence-electron chi connectivity index (χ3n) is 7.99. The number of fused-ring (bicyclic) bond motifs is 3. The number of pyridine rings is 1. The number of aromatic nitrogens is 1. The van der Waals surface area contributed by atoms with Crippen molar-refractivity contribution in [2.45, 2.75) is 30.3 Å². The highest BCUT2D eigenvalue weighted by Crippen LogP contribution is 2.36. The van der Waals surface area contributed by atoms with Crippen LogP contribution in [0.1, 0.15) is 29.5 Å². The molecule has 0 radical (unpaired) electrons. The van der Waals surface area contributed by atoms with Crippen molar-refractivity contribution in [1.82, 2.24) is 14.6 Å². The second-order valence-corrected chi connectivity index (χ2v) is 11.8. The van der Waals surface area contributed by atoms with Gasteiger partial charge in [0.05, 0.1) is 11.4 Å². The van der Waals surface area contributed by atoms with E-state index in [1.165, 1.54) is 5.56 Å². The number of para-hydroxylation sites is 1. The van der Waals surface area contributed by atoms with Crippen molar-refractivity contribution in [3.63, 3.8) is 0 Å². The Hall–Kier alpha value is -4.38. The zero-order valence-corrected chi connectivity index (χ0v) is 24.5. The van der Waals surface area contributed by atoms with Crippen LogP contribution in [0, 0.1) is 10.8 Å². The summed E-state index contributed by atoms with van der Waals surface area (Å²) < 4.78 is 15.0. The zero-order chi connectivity index (χ0) is 29.2. The number of ether oxygens (including phenoxy) is 2. The number of piperidine rings is 1. The van der Waals surface area contributed by atoms with Gasteiger partial charge >= 0.3 is 0 Å². The molecule has 0 atom stereocenters. The number of anilines is 3. The predicted octanol–water partition coefficient (Wildman–Crippen LogP) is 6.03. The average Bonchev–Trinajstić information content (AvgIpc) is 3.18. The third-order valence-corrected chi connectivity index (χ3v) is 8.93. The molecule has 0 saturated carbocycles. The molecule has 4 N–H and O–H groups in total. The van der Waals surface area contributed by atoms with Gasteiger partial charge in [-0.3, -0.25) is 25.3 Å². The van der Waals surface area contributed by atoms with Crippen LogP contribution in [0.15, 0.2) is 90.0 Å². The Morgan fingerprint density at radius 3 is 2.58 bits per heavy atom. The maximum Gasteiger partial charge on any atom is 0.162 e. The largest absolute Gasteiger partial charge is 0.486 e. The van der Waals surface area contributed by atoms with Crippen LogP contribution in [0.25, 0.3) is 0 Å². The Kier molecular flexibility index (Phi) is 7.71. The molecule has 3 aliphatic heterocycles. The molecule has 3 aromatic carbocycles. The van der Waals surface area contributed by atoms with E-state index in [1.807, 2.05) is 60.7 Å². The van der Waals surface area contributed by atoms with Gasteiger partial charge in [-0.15, -0.1) is 0 Å². The minimum Gasteiger partial charge on any atom is -0.486 e. The lowest BCUT2D eigenvalue weighted by Crippen LogP contribution is -2.40. The minimum absolute atomic E-state index is 0.242. The van der Waals surface area contributed by atoms with Crippen molar-refractivity contribution in [1.29, 1.82) is 10.8 Å². The zero-order valence-electron chi connectivity index (χ0n) is 23.7. The predicted molar refractivity (Wildman–Crippen MR) is 171 cm³/mol. The topological polar surface area (TPSA) is 110 Å². The number of nitrogens with one attached hydrogen (secondary N) is 4.